The molecule has 0 spiro atoms. The summed E-state index contributed by atoms with van der Waals surface area (Å²) in [7, 11) is 1.03. The number of amides is 1. The third-order valence-electron chi connectivity index (χ3n) is 4.49. The van der Waals surface area contributed by atoms with Crippen molar-refractivity contribution in [1.82, 2.24) is 15.0 Å². The van der Waals surface area contributed by atoms with Crippen LogP contribution in [0.4, 0.5) is 5.69 Å². The fourth-order valence-corrected chi connectivity index (χ4v) is 3.30. The van der Waals surface area contributed by atoms with E-state index < -0.39 is 10.0 Å². The molecule has 0 bridgehead atoms. The highest BCUT2D eigenvalue weighted by Crippen LogP contribution is 2.24. The van der Waals surface area contributed by atoms with Gasteiger partial charge in [0.15, 0.2) is 0 Å². The maximum Gasteiger partial charge on any atom is 0.256 e. The van der Waals surface area contributed by atoms with Gasteiger partial charge in [-0.05, 0) is 24.3 Å². The standard InChI is InChI=1S/C20H22N4O5S/c1-23(20(25)16-10-5-6-11-17(16)24(2)30(4,26)27)13-18-21-19(22-29-18)14-8-7-9-15(12-14)28-3/h5-12H,13H2,1-4H3. The highest BCUT2D eigenvalue weighted by Gasteiger charge is 2.23. The van der Waals surface area contributed by atoms with Crippen molar-refractivity contribution in [3.8, 4) is 17.1 Å². The number of benzene rings is 2. The molecule has 2 aromatic carbocycles. The zero-order chi connectivity index (χ0) is 21.9. The number of ether oxygens (including phenoxy) is 1. The van der Waals surface area contributed by atoms with Gasteiger partial charge in [-0.15, -0.1) is 0 Å². The van der Waals surface area contributed by atoms with Gasteiger partial charge in [-0.3, -0.25) is 9.10 Å². The Balaban J connectivity index is 1.80. The molecule has 1 heterocycles. The number of carbonyl (C=O) groups excluding carboxylic acids is 1. The molecule has 158 valence electrons. The number of methoxy groups -OCH3 is 1. The first kappa shape index (κ1) is 21.3. The van der Waals surface area contributed by atoms with E-state index in [4.69, 9.17) is 9.26 Å². The summed E-state index contributed by atoms with van der Waals surface area (Å²) in [5.74, 6) is 0.916. The molecule has 3 aromatic rings. The van der Waals surface area contributed by atoms with Crippen LogP contribution in [0.25, 0.3) is 11.4 Å². The fraction of sp³-hybridized carbons (Fsp3) is 0.250. The molecular weight excluding hydrogens is 408 g/mol. The molecule has 0 unspecified atom stereocenters. The molecule has 0 atom stereocenters. The van der Waals surface area contributed by atoms with Crippen LogP contribution in [0.5, 0.6) is 5.75 Å². The Morgan fingerprint density at radius 3 is 2.57 bits per heavy atom. The van der Waals surface area contributed by atoms with Gasteiger partial charge in [0.1, 0.15) is 5.75 Å². The van der Waals surface area contributed by atoms with Crippen molar-refractivity contribution in [1.29, 1.82) is 0 Å². The van der Waals surface area contributed by atoms with E-state index in [0.29, 0.717) is 17.3 Å². The summed E-state index contributed by atoms with van der Waals surface area (Å²) < 4.78 is 35.4. The van der Waals surface area contributed by atoms with Crippen LogP contribution in [0.1, 0.15) is 16.2 Å². The lowest BCUT2D eigenvalue weighted by molar-refractivity contribution is 0.0770. The van der Waals surface area contributed by atoms with Crippen LogP contribution >= 0.6 is 0 Å². The minimum absolute atomic E-state index is 0.0622. The van der Waals surface area contributed by atoms with E-state index in [1.165, 1.54) is 11.9 Å². The molecule has 1 amide bonds. The highest BCUT2D eigenvalue weighted by atomic mass is 32.2. The Labute approximate surface area is 174 Å². The Kier molecular flexibility index (Phi) is 6.06. The minimum atomic E-state index is -3.52. The van der Waals surface area contributed by atoms with Crippen LogP contribution in [-0.2, 0) is 16.6 Å². The average molecular weight is 430 g/mol. The minimum Gasteiger partial charge on any atom is -0.497 e. The SMILES string of the molecule is COc1cccc(-c2noc(CN(C)C(=O)c3ccccc3N(C)S(C)(=O)=O)n2)c1. The molecule has 0 aliphatic heterocycles. The van der Waals surface area contributed by atoms with Gasteiger partial charge in [-0.2, -0.15) is 4.98 Å². The van der Waals surface area contributed by atoms with Crippen molar-refractivity contribution in [3.05, 3.63) is 60.0 Å². The number of sulfonamides is 1. The van der Waals surface area contributed by atoms with Crippen molar-refractivity contribution in [3.63, 3.8) is 0 Å². The van der Waals surface area contributed by atoms with Crippen LogP contribution in [0, 0.1) is 0 Å². The first-order valence-electron chi connectivity index (χ1n) is 8.96. The van der Waals surface area contributed by atoms with Gasteiger partial charge in [0.05, 0.1) is 31.2 Å². The van der Waals surface area contributed by atoms with Crippen molar-refractivity contribution < 1.29 is 22.5 Å². The van der Waals surface area contributed by atoms with E-state index in [-0.39, 0.29) is 23.9 Å². The molecule has 10 heteroatoms. The number of rotatable bonds is 7. The Bertz CT molecular complexity index is 1160. The molecule has 0 saturated carbocycles. The second-order valence-corrected chi connectivity index (χ2v) is 8.67. The molecule has 0 saturated heterocycles. The number of aromatic nitrogens is 2. The van der Waals surface area contributed by atoms with Crippen LogP contribution in [-0.4, -0.2) is 56.8 Å². The summed E-state index contributed by atoms with van der Waals surface area (Å²) in [6.07, 6.45) is 1.08. The zero-order valence-corrected chi connectivity index (χ0v) is 17.9. The predicted molar refractivity (Wildman–Crippen MR) is 112 cm³/mol. The quantitative estimate of drug-likeness (QED) is 0.567. The largest absolute Gasteiger partial charge is 0.497 e. The van der Waals surface area contributed by atoms with Crippen LogP contribution in [0.15, 0.2) is 53.1 Å². The van der Waals surface area contributed by atoms with Gasteiger partial charge in [0.2, 0.25) is 21.7 Å². The van der Waals surface area contributed by atoms with Gasteiger partial charge in [0.25, 0.3) is 5.91 Å². The third-order valence-corrected chi connectivity index (χ3v) is 5.68. The van der Waals surface area contributed by atoms with Gasteiger partial charge >= 0.3 is 0 Å². The maximum atomic E-state index is 13.0. The molecular formula is C20H22N4O5S. The van der Waals surface area contributed by atoms with Crippen molar-refractivity contribution in [2.24, 2.45) is 0 Å². The number of carbonyl (C=O) groups is 1. The maximum absolute atomic E-state index is 13.0. The van der Waals surface area contributed by atoms with Crippen LogP contribution in [0.3, 0.4) is 0 Å². The molecule has 0 N–H and O–H groups in total. The fourth-order valence-electron chi connectivity index (χ4n) is 2.79. The van der Waals surface area contributed by atoms with Crippen molar-refractivity contribution in [2.75, 3.05) is 31.8 Å². The average Bonchev–Trinajstić information content (AvgIpc) is 3.20. The van der Waals surface area contributed by atoms with Crippen molar-refractivity contribution >= 4 is 21.6 Å². The molecule has 1 aromatic heterocycles. The smallest absolute Gasteiger partial charge is 0.256 e. The van der Waals surface area contributed by atoms with E-state index in [9.17, 15) is 13.2 Å². The summed E-state index contributed by atoms with van der Waals surface area (Å²) >= 11 is 0. The van der Waals surface area contributed by atoms with E-state index in [1.54, 1.807) is 44.5 Å². The monoisotopic (exact) mass is 430 g/mol. The summed E-state index contributed by atoms with van der Waals surface area (Å²) in [6, 6.07) is 13.7. The number of hydrogen-bond donors (Lipinski definition) is 0. The number of para-hydroxylation sites is 1. The highest BCUT2D eigenvalue weighted by molar-refractivity contribution is 7.92. The number of nitrogens with zero attached hydrogens (tertiary/aromatic N) is 4. The van der Waals surface area contributed by atoms with E-state index in [0.717, 1.165) is 16.1 Å². The molecule has 0 aliphatic carbocycles. The zero-order valence-electron chi connectivity index (χ0n) is 17.1. The summed E-state index contributed by atoms with van der Waals surface area (Å²) in [5, 5.41) is 3.96. The van der Waals surface area contributed by atoms with Gasteiger partial charge in [-0.25, -0.2) is 8.42 Å². The molecule has 0 radical (unpaired) electrons. The summed E-state index contributed by atoms with van der Waals surface area (Å²) in [5.41, 5.74) is 1.26. The van der Waals surface area contributed by atoms with E-state index in [2.05, 4.69) is 10.1 Å². The second-order valence-electron chi connectivity index (χ2n) is 6.65. The number of anilines is 1. The summed E-state index contributed by atoms with van der Waals surface area (Å²) in [6.45, 7) is 0.0622. The van der Waals surface area contributed by atoms with Gasteiger partial charge < -0.3 is 14.2 Å². The van der Waals surface area contributed by atoms with E-state index >= 15 is 0 Å². The Morgan fingerprint density at radius 2 is 1.87 bits per heavy atom. The molecule has 30 heavy (non-hydrogen) atoms. The molecule has 0 fully saturated rings. The topological polar surface area (TPSA) is 106 Å². The first-order valence-corrected chi connectivity index (χ1v) is 10.8. The van der Waals surface area contributed by atoms with Gasteiger partial charge in [-0.1, -0.05) is 29.4 Å². The molecule has 3 rings (SSSR count). The van der Waals surface area contributed by atoms with Crippen LogP contribution in [0.2, 0.25) is 0 Å². The normalized spacial score (nSPS) is 11.2. The number of hydrogen-bond acceptors (Lipinski definition) is 7. The lowest BCUT2D eigenvalue weighted by Crippen LogP contribution is -2.31. The third kappa shape index (κ3) is 4.60. The predicted octanol–water partition coefficient (Wildman–Crippen LogP) is 2.41. The summed E-state index contributed by atoms with van der Waals surface area (Å²) in [4.78, 5) is 18.7. The molecule has 0 aliphatic rings. The lowest BCUT2D eigenvalue weighted by Gasteiger charge is -2.22. The Morgan fingerprint density at radius 1 is 1.13 bits per heavy atom. The van der Waals surface area contributed by atoms with Crippen molar-refractivity contribution in [2.45, 2.75) is 6.54 Å². The Hall–Kier alpha value is -3.40. The van der Waals surface area contributed by atoms with Crippen LogP contribution < -0.4 is 9.04 Å². The van der Waals surface area contributed by atoms with E-state index in [1.807, 2.05) is 18.2 Å². The second kappa shape index (κ2) is 8.54. The first-order chi connectivity index (χ1) is 14.2. The lowest BCUT2D eigenvalue weighted by atomic mass is 10.1. The molecule has 9 nitrogen and oxygen atoms in total. The van der Waals surface area contributed by atoms with Gasteiger partial charge in [0, 0.05) is 19.7 Å².